The molecule has 0 saturated heterocycles. The van der Waals surface area contributed by atoms with Gasteiger partial charge in [-0.25, -0.2) is 5.43 Å². The van der Waals surface area contributed by atoms with Gasteiger partial charge in [0.1, 0.15) is 5.75 Å². The molecule has 0 aliphatic heterocycles. The van der Waals surface area contributed by atoms with Gasteiger partial charge in [-0.1, -0.05) is 6.92 Å². The van der Waals surface area contributed by atoms with Crippen LogP contribution in [0, 0.1) is 0 Å². The van der Waals surface area contributed by atoms with Gasteiger partial charge in [-0.15, -0.1) is 0 Å². The molecular weight excluding hydrogens is 268 g/mol. The first-order chi connectivity index (χ1) is 10.2. The molecule has 1 heterocycles. The van der Waals surface area contributed by atoms with Gasteiger partial charge < -0.3 is 9.15 Å². The maximum Gasteiger partial charge on any atom is 0.307 e. The lowest BCUT2D eigenvalue weighted by Crippen LogP contribution is -2.18. The molecule has 110 valence electrons. The molecule has 0 radical (unpaired) electrons. The normalized spacial score (nSPS) is 11.2. The van der Waals surface area contributed by atoms with Gasteiger partial charge in [0.05, 0.1) is 18.6 Å². The molecule has 0 unspecified atom stereocenters. The number of benzene rings is 1. The Labute approximate surface area is 123 Å². The van der Waals surface area contributed by atoms with Crippen molar-refractivity contribution in [2.45, 2.75) is 20.3 Å². The van der Waals surface area contributed by atoms with E-state index in [2.05, 4.69) is 17.5 Å². The molecule has 1 aromatic carbocycles. The molecule has 1 N–H and O–H groups in total. The molecule has 2 aromatic rings. The summed E-state index contributed by atoms with van der Waals surface area (Å²) >= 11 is 0. The molecule has 1 amide bonds. The molecule has 0 atom stereocenters. The van der Waals surface area contributed by atoms with Gasteiger partial charge >= 0.3 is 5.91 Å². The maximum atomic E-state index is 11.7. The van der Waals surface area contributed by atoms with Crippen molar-refractivity contribution in [2.75, 3.05) is 6.61 Å². The lowest BCUT2D eigenvalue weighted by molar-refractivity contribution is 0.0927. The number of amides is 1. The number of hydrogen-bond acceptors (Lipinski definition) is 4. The first kappa shape index (κ1) is 14.8. The summed E-state index contributed by atoms with van der Waals surface area (Å²) in [5.41, 5.74) is 4.08. The van der Waals surface area contributed by atoms with Crippen LogP contribution in [0.25, 0.3) is 0 Å². The Balaban J connectivity index is 1.97. The van der Waals surface area contributed by atoms with Crippen molar-refractivity contribution in [3.05, 3.63) is 54.0 Å². The maximum absolute atomic E-state index is 11.7. The highest BCUT2D eigenvalue weighted by Crippen LogP contribution is 2.13. The van der Waals surface area contributed by atoms with Crippen LogP contribution in [0.15, 0.2) is 52.2 Å². The zero-order valence-electron chi connectivity index (χ0n) is 12.1. The molecule has 0 saturated carbocycles. The van der Waals surface area contributed by atoms with E-state index in [1.807, 2.05) is 31.2 Å². The Bertz CT molecular complexity index is 601. The number of hydrogen-bond donors (Lipinski definition) is 1. The van der Waals surface area contributed by atoms with Gasteiger partial charge in [-0.2, -0.15) is 5.10 Å². The molecule has 5 nitrogen and oxygen atoms in total. The Hall–Kier alpha value is -2.56. The number of ether oxygens (including phenoxy) is 1. The fourth-order valence-corrected chi connectivity index (χ4v) is 1.67. The fourth-order valence-electron chi connectivity index (χ4n) is 1.67. The number of furan rings is 1. The summed E-state index contributed by atoms with van der Waals surface area (Å²) in [6.45, 7) is 4.59. The van der Waals surface area contributed by atoms with E-state index in [0.717, 1.165) is 17.7 Å². The van der Waals surface area contributed by atoms with E-state index in [0.29, 0.717) is 12.3 Å². The van der Waals surface area contributed by atoms with Crippen molar-refractivity contribution >= 4 is 11.6 Å². The minimum Gasteiger partial charge on any atom is -0.494 e. The third-order valence-electron chi connectivity index (χ3n) is 2.82. The monoisotopic (exact) mass is 286 g/mol. The summed E-state index contributed by atoms with van der Waals surface area (Å²) in [5.74, 6) is 0.685. The lowest BCUT2D eigenvalue weighted by atomic mass is 10.1. The molecule has 0 aliphatic rings. The van der Waals surface area contributed by atoms with Crippen LogP contribution in [0.4, 0.5) is 0 Å². The van der Waals surface area contributed by atoms with Crippen LogP contribution in [-0.4, -0.2) is 18.2 Å². The van der Waals surface area contributed by atoms with Gasteiger partial charge in [0, 0.05) is 0 Å². The van der Waals surface area contributed by atoms with E-state index >= 15 is 0 Å². The number of nitrogens with zero attached hydrogens (tertiary/aromatic N) is 1. The summed E-state index contributed by atoms with van der Waals surface area (Å²) in [7, 11) is 0. The van der Waals surface area contributed by atoms with Crippen LogP contribution >= 0.6 is 0 Å². The Morgan fingerprint density at radius 2 is 2.05 bits per heavy atom. The van der Waals surface area contributed by atoms with Crippen molar-refractivity contribution in [1.82, 2.24) is 5.43 Å². The molecule has 0 spiro atoms. The first-order valence-corrected chi connectivity index (χ1v) is 6.82. The van der Waals surface area contributed by atoms with Gasteiger partial charge in [0.25, 0.3) is 0 Å². The predicted molar refractivity (Wildman–Crippen MR) is 80.6 cm³/mol. The molecular formula is C16H18N2O3. The van der Waals surface area contributed by atoms with Crippen LogP contribution in [0.2, 0.25) is 0 Å². The second kappa shape index (κ2) is 7.28. The van der Waals surface area contributed by atoms with Gasteiger partial charge in [0.2, 0.25) is 0 Å². The Kier molecular flexibility index (Phi) is 5.15. The average molecular weight is 286 g/mol. The number of carbonyl (C=O) groups is 1. The molecule has 5 heteroatoms. The van der Waals surface area contributed by atoms with Gasteiger partial charge in [0.15, 0.2) is 5.76 Å². The van der Waals surface area contributed by atoms with Crippen LogP contribution in [0.3, 0.4) is 0 Å². The third-order valence-corrected chi connectivity index (χ3v) is 2.82. The highest BCUT2D eigenvalue weighted by molar-refractivity contribution is 6.00. The average Bonchev–Trinajstić information content (AvgIpc) is 3.05. The smallest absolute Gasteiger partial charge is 0.307 e. The minimum absolute atomic E-state index is 0.231. The quantitative estimate of drug-likeness (QED) is 0.655. The second-order valence-corrected chi connectivity index (χ2v) is 4.49. The molecule has 1 aromatic heterocycles. The minimum atomic E-state index is -0.373. The van der Waals surface area contributed by atoms with Crippen LogP contribution in [-0.2, 0) is 0 Å². The molecule has 0 fully saturated rings. The molecule has 2 rings (SSSR count). The summed E-state index contributed by atoms with van der Waals surface area (Å²) in [6, 6.07) is 10.8. The van der Waals surface area contributed by atoms with E-state index in [-0.39, 0.29) is 11.7 Å². The van der Waals surface area contributed by atoms with Crippen LogP contribution < -0.4 is 10.2 Å². The SMILES string of the molecule is CCCOc1ccc(/C(C)=N\NC(=O)c2ccco2)cc1. The zero-order chi connectivity index (χ0) is 15.1. The highest BCUT2D eigenvalue weighted by Gasteiger charge is 2.07. The number of hydrazone groups is 1. The highest BCUT2D eigenvalue weighted by atomic mass is 16.5. The summed E-state index contributed by atoms with van der Waals surface area (Å²) in [5, 5.41) is 4.06. The van der Waals surface area contributed by atoms with E-state index in [9.17, 15) is 4.79 Å². The van der Waals surface area contributed by atoms with E-state index in [4.69, 9.17) is 9.15 Å². The lowest BCUT2D eigenvalue weighted by Gasteiger charge is -2.06. The topological polar surface area (TPSA) is 63.8 Å². The first-order valence-electron chi connectivity index (χ1n) is 6.82. The van der Waals surface area contributed by atoms with Crippen molar-refractivity contribution in [3.63, 3.8) is 0 Å². The fraction of sp³-hybridized carbons (Fsp3) is 0.250. The number of rotatable bonds is 6. The predicted octanol–water partition coefficient (Wildman–Crippen LogP) is 3.22. The van der Waals surface area contributed by atoms with Crippen LogP contribution in [0.1, 0.15) is 36.4 Å². The Morgan fingerprint density at radius 1 is 1.29 bits per heavy atom. The standard InChI is InChI=1S/C16H18N2O3/c1-3-10-20-14-8-6-13(7-9-14)12(2)17-18-16(19)15-5-4-11-21-15/h4-9,11H,3,10H2,1-2H3,(H,18,19)/b17-12-. The van der Waals surface area contributed by atoms with E-state index < -0.39 is 0 Å². The van der Waals surface area contributed by atoms with Crippen molar-refractivity contribution in [2.24, 2.45) is 5.10 Å². The van der Waals surface area contributed by atoms with Crippen molar-refractivity contribution < 1.29 is 13.9 Å². The molecule has 0 bridgehead atoms. The van der Waals surface area contributed by atoms with Crippen molar-refractivity contribution in [1.29, 1.82) is 0 Å². The molecule has 0 aliphatic carbocycles. The summed E-state index contributed by atoms with van der Waals surface area (Å²) in [6.07, 6.45) is 2.42. The summed E-state index contributed by atoms with van der Waals surface area (Å²) in [4.78, 5) is 11.7. The van der Waals surface area contributed by atoms with E-state index in [1.165, 1.54) is 6.26 Å². The van der Waals surface area contributed by atoms with Gasteiger partial charge in [-0.3, -0.25) is 4.79 Å². The van der Waals surface area contributed by atoms with Crippen molar-refractivity contribution in [3.8, 4) is 5.75 Å². The third kappa shape index (κ3) is 4.21. The number of carbonyl (C=O) groups excluding carboxylic acids is 1. The van der Waals surface area contributed by atoms with Crippen LogP contribution in [0.5, 0.6) is 5.75 Å². The summed E-state index contributed by atoms with van der Waals surface area (Å²) < 4.78 is 10.5. The molecule has 21 heavy (non-hydrogen) atoms. The van der Waals surface area contributed by atoms with E-state index in [1.54, 1.807) is 12.1 Å². The zero-order valence-corrected chi connectivity index (χ0v) is 12.1. The number of nitrogens with one attached hydrogen (secondary N) is 1. The largest absolute Gasteiger partial charge is 0.494 e. The second-order valence-electron chi connectivity index (χ2n) is 4.49. The van der Waals surface area contributed by atoms with Gasteiger partial charge in [-0.05, 0) is 55.3 Å². The Morgan fingerprint density at radius 3 is 2.67 bits per heavy atom.